The molecule has 2 aromatic carbocycles. The van der Waals surface area contributed by atoms with E-state index in [1.165, 1.54) is 36.5 Å². The third-order valence-corrected chi connectivity index (χ3v) is 5.93. The molecule has 0 saturated heterocycles. The van der Waals surface area contributed by atoms with Crippen molar-refractivity contribution in [1.29, 1.82) is 0 Å². The van der Waals surface area contributed by atoms with Crippen LogP contribution in [-0.4, -0.2) is 51.7 Å². The molecule has 0 saturated carbocycles. The number of fused-ring (bicyclic) bond motifs is 2. The van der Waals surface area contributed by atoms with E-state index in [9.17, 15) is 18.4 Å². The quantitative estimate of drug-likeness (QED) is 0.356. The molecule has 5 rings (SSSR count). The summed E-state index contributed by atoms with van der Waals surface area (Å²) in [6.45, 7) is 5.24. The number of H-pyrrole nitrogens is 1. The molecule has 0 bridgehead atoms. The summed E-state index contributed by atoms with van der Waals surface area (Å²) in [5, 5.41) is 4.48. The third kappa shape index (κ3) is 4.94. The fourth-order valence-corrected chi connectivity index (χ4v) is 4.27. The van der Waals surface area contributed by atoms with Gasteiger partial charge in [-0.2, -0.15) is 5.10 Å². The molecule has 1 aliphatic rings. The van der Waals surface area contributed by atoms with Crippen molar-refractivity contribution >= 4 is 22.6 Å². The Morgan fingerprint density at radius 3 is 2.64 bits per heavy atom. The zero-order valence-electron chi connectivity index (χ0n) is 21.5. The average Bonchev–Trinajstić information content (AvgIpc) is 3.49. The van der Waals surface area contributed by atoms with Gasteiger partial charge in [0.05, 0.1) is 19.5 Å². The standard InChI is InChI=1S/C26H25F2N5O6/c1-5-32(16-7-9-18-20(11-16)39-26(27,28)38-18)21(34)12-33-25(35)24-23(29-13-30-24)22(31-33)15-6-8-17(36-4)19(10-15)37-14(2)3/h6-11,13-14H,5,12H2,1-4H3,(H,29,30). The van der Waals surface area contributed by atoms with Crippen LogP contribution in [0, 0.1) is 0 Å². The molecule has 204 valence electrons. The van der Waals surface area contributed by atoms with Gasteiger partial charge in [0, 0.05) is 23.9 Å². The second-order valence-electron chi connectivity index (χ2n) is 8.91. The van der Waals surface area contributed by atoms with E-state index < -0.39 is 24.3 Å². The van der Waals surface area contributed by atoms with Crippen molar-refractivity contribution in [1.82, 2.24) is 19.7 Å². The molecule has 0 spiro atoms. The van der Waals surface area contributed by atoms with Gasteiger partial charge in [-0.3, -0.25) is 9.59 Å². The highest BCUT2D eigenvalue weighted by Crippen LogP contribution is 2.43. The maximum atomic E-state index is 13.5. The van der Waals surface area contributed by atoms with E-state index in [1.807, 2.05) is 13.8 Å². The number of hydrogen-bond acceptors (Lipinski definition) is 8. The van der Waals surface area contributed by atoms with Crippen LogP contribution in [0.2, 0.25) is 0 Å². The molecule has 0 unspecified atom stereocenters. The average molecular weight is 542 g/mol. The summed E-state index contributed by atoms with van der Waals surface area (Å²) in [7, 11) is 1.53. The van der Waals surface area contributed by atoms with E-state index in [1.54, 1.807) is 25.1 Å². The van der Waals surface area contributed by atoms with Gasteiger partial charge in [-0.1, -0.05) is 0 Å². The molecule has 3 heterocycles. The number of methoxy groups -OCH3 is 1. The highest BCUT2D eigenvalue weighted by Gasteiger charge is 2.43. The van der Waals surface area contributed by atoms with Crippen LogP contribution in [0.4, 0.5) is 14.5 Å². The summed E-state index contributed by atoms with van der Waals surface area (Å²) < 4.78 is 48.2. The lowest BCUT2D eigenvalue weighted by atomic mass is 10.1. The normalized spacial score (nSPS) is 13.6. The number of aromatic nitrogens is 4. The number of hydrogen-bond donors (Lipinski definition) is 1. The van der Waals surface area contributed by atoms with E-state index in [0.29, 0.717) is 34.0 Å². The molecular weight excluding hydrogens is 516 g/mol. The van der Waals surface area contributed by atoms with E-state index >= 15 is 0 Å². The Bertz CT molecular complexity index is 1620. The number of benzene rings is 2. The summed E-state index contributed by atoms with van der Waals surface area (Å²) >= 11 is 0. The molecule has 39 heavy (non-hydrogen) atoms. The number of likely N-dealkylation sites (N-methyl/N-ethyl adjacent to an activating group) is 1. The number of anilines is 1. The predicted octanol–water partition coefficient (Wildman–Crippen LogP) is 3.96. The van der Waals surface area contributed by atoms with E-state index in [-0.39, 0.29) is 29.7 Å². The molecule has 11 nitrogen and oxygen atoms in total. The smallest absolute Gasteiger partial charge is 0.493 e. The van der Waals surface area contributed by atoms with Gasteiger partial charge >= 0.3 is 6.29 Å². The molecule has 1 N–H and O–H groups in total. The molecule has 4 aromatic rings. The van der Waals surface area contributed by atoms with Crippen molar-refractivity contribution in [2.75, 3.05) is 18.6 Å². The van der Waals surface area contributed by atoms with Crippen LogP contribution in [0.15, 0.2) is 47.5 Å². The lowest BCUT2D eigenvalue weighted by Crippen LogP contribution is -2.37. The number of halogens is 2. The number of nitrogens with one attached hydrogen (secondary N) is 1. The molecule has 13 heteroatoms. The van der Waals surface area contributed by atoms with Crippen molar-refractivity contribution in [3.05, 3.63) is 53.1 Å². The highest BCUT2D eigenvalue weighted by atomic mass is 19.3. The first-order chi connectivity index (χ1) is 18.6. The van der Waals surface area contributed by atoms with Crippen LogP contribution in [0.3, 0.4) is 0 Å². The molecule has 1 amide bonds. The zero-order chi connectivity index (χ0) is 27.9. The largest absolute Gasteiger partial charge is 0.586 e. The Morgan fingerprint density at radius 1 is 1.15 bits per heavy atom. The summed E-state index contributed by atoms with van der Waals surface area (Å²) in [4.78, 5) is 35.0. The first-order valence-electron chi connectivity index (χ1n) is 12.1. The van der Waals surface area contributed by atoms with Gasteiger partial charge in [0.1, 0.15) is 23.3 Å². The van der Waals surface area contributed by atoms with E-state index in [2.05, 4.69) is 24.5 Å². The predicted molar refractivity (Wildman–Crippen MR) is 137 cm³/mol. The number of alkyl halides is 2. The number of carbonyl (C=O) groups is 1. The van der Waals surface area contributed by atoms with Crippen LogP contribution in [-0.2, 0) is 11.3 Å². The highest BCUT2D eigenvalue weighted by molar-refractivity contribution is 5.94. The topological polar surface area (TPSA) is 121 Å². The lowest BCUT2D eigenvalue weighted by molar-refractivity contribution is -0.286. The fraction of sp³-hybridized carbons (Fsp3) is 0.308. The maximum absolute atomic E-state index is 13.5. The zero-order valence-corrected chi connectivity index (χ0v) is 21.5. The van der Waals surface area contributed by atoms with Crippen molar-refractivity contribution in [2.45, 2.75) is 39.7 Å². The second kappa shape index (κ2) is 9.89. The minimum Gasteiger partial charge on any atom is -0.493 e. The number of amides is 1. The number of carbonyl (C=O) groups excluding carboxylic acids is 1. The fourth-order valence-electron chi connectivity index (χ4n) is 4.27. The Labute approximate surface area is 220 Å². The van der Waals surface area contributed by atoms with Crippen LogP contribution < -0.4 is 29.4 Å². The molecule has 0 fully saturated rings. The third-order valence-electron chi connectivity index (χ3n) is 5.93. The van der Waals surface area contributed by atoms with E-state index in [4.69, 9.17) is 9.47 Å². The van der Waals surface area contributed by atoms with Gasteiger partial charge in [0.25, 0.3) is 5.56 Å². The number of rotatable bonds is 8. The first kappa shape index (κ1) is 25.9. The van der Waals surface area contributed by atoms with Crippen molar-refractivity contribution < 1.29 is 32.5 Å². The van der Waals surface area contributed by atoms with Gasteiger partial charge in [0.2, 0.25) is 5.91 Å². The number of ether oxygens (including phenoxy) is 4. The van der Waals surface area contributed by atoms with E-state index in [0.717, 1.165) is 4.68 Å². The van der Waals surface area contributed by atoms with Gasteiger partial charge < -0.3 is 28.8 Å². The summed E-state index contributed by atoms with van der Waals surface area (Å²) in [5.41, 5.74) is 1.19. The van der Waals surface area contributed by atoms with Crippen LogP contribution in [0.1, 0.15) is 20.8 Å². The van der Waals surface area contributed by atoms with Gasteiger partial charge in [-0.25, -0.2) is 9.67 Å². The lowest BCUT2D eigenvalue weighted by Gasteiger charge is -2.21. The SMILES string of the molecule is CCN(C(=O)Cn1nc(-c2ccc(OC)c(OC(C)C)c2)c2nc[nH]c2c1=O)c1ccc2c(c1)OC(F)(F)O2. The molecule has 0 atom stereocenters. The van der Waals surface area contributed by atoms with Gasteiger partial charge in [-0.15, -0.1) is 8.78 Å². The summed E-state index contributed by atoms with van der Waals surface area (Å²) in [5.74, 6) is 0.171. The Kier molecular flexibility index (Phi) is 6.58. The summed E-state index contributed by atoms with van der Waals surface area (Å²) in [6.07, 6.45) is -2.53. The van der Waals surface area contributed by atoms with Crippen LogP contribution in [0.25, 0.3) is 22.3 Å². The minimum atomic E-state index is -3.78. The molecule has 0 radical (unpaired) electrons. The number of imidazole rings is 1. The molecule has 0 aliphatic carbocycles. The second-order valence-corrected chi connectivity index (χ2v) is 8.91. The minimum absolute atomic E-state index is 0.124. The maximum Gasteiger partial charge on any atom is 0.586 e. The van der Waals surface area contributed by atoms with Crippen molar-refractivity contribution in [3.63, 3.8) is 0 Å². The van der Waals surface area contributed by atoms with Crippen molar-refractivity contribution in [3.8, 4) is 34.3 Å². The monoisotopic (exact) mass is 541 g/mol. The van der Waals surface area contributed by atoms with Gasteiger partial charge in [-0.05, 0) is 51.1 Å². The van der Waals surface area contributed by atoms with Gasteiger partial charge in [0.15, 0.2) is 23.0 Å². The van der Waals surface area contributed by atoms with Crippen LogP contribution in [0.5, 0.6) is 23.0 Å². The Morgan fingerprint density at radius 2 is 1.92 bits per heavy atom. The molecule has 2 aromatic heterocycles. The molecular formula is C26H25F2N5O6. The Balaban J connectivity index is 1.51. The van der Waals surface area contributed by atoms with Crippen molar-refractivity contribution in [2.24, 2.45) is 0 Å². The number of nitrogens with zero attached hydrogens (tertiary/aromatic N) is 4. The Hall–Kier alpha value is -4.68. The number of aromatic amines is 1. The molecule has 1 aliphatic heterocycles. The summed E-state index contributed by atoms with van der Waals surface area (Å²) in [6, 6.07) is 9.23. The van der Waals surface area contributed by atoms with Crippen LogP contribution >= 0.6 is 0 Å². The first-order valence-corrected chi connectivity index (χ1v) is 12.1.